The van der Waals surface area contributed by atoms with E-state index in [0.29, 0.717) is 6.61 Å². The molecule has 152 valence electrons. The van der Waals surface area contributed by atoms with Crippen LogP contribution in [0.3, 0.4) is 0 Å². The molecule has 0 radical (unpaired) electrons. The summed E-state index contributed by atoms with van der Waals surface area (Å²) < 4.78 is 11.2. The van der Waals surface area contributed by atoms with Gasteiger partial charge in [-0.1, -0.05) is 69.7 Å². The number of epoxide rings is 1. The molecule has 2 heteroatoms. The van der Waals surface area contributed by atoms with E-state index in [0.717, 1.165) is 18.8 Å². The first-order chi connectivity index (χ1) is 13.2. The van der Waals surface area contributed by atoms with Gasteiger partial charge in [0, 0.05) is 0 Å². The van der Waals surface area contributed by atoms with Crippen LogP contribution in [-0.4, -0.2) is 18.8 Å². The minimum Gasteiger partial charge on any atom is -0.490 e. The van der Waals surface area contributed by atoms with Crippen molar-refractivity contribution in [1.82, 2.24) is 0 Å². The Morgan fingerprint density at radius 3 is 2.33 bits per heavy atom. The molecule has 1 aromatic carbocycles. The van der Waals surface area contributed by atoms with Crippen LogP contribution in [0.5, 0.6) is 5.75 Å². The van der Waals surface area contributed by atoms with Crippen molar-refractivity contribution in [3.8, 4) is 5.75 Å². The molecule has 1 aliphatic heterocycles. The Labute approximate surface area is 167 Å². The second-order valence-electron chi connectivity index (χ2n) is 8.30. The summed E-state index contributed by atoms with van der Waals surface area (Å²) in [7, 11) is 0. The van der Waals surface area contributed by atoms with E-state index in [1.165, 1.54) is 76.2 Å². The van der Waals surface area contributed by atoms with Gasteiger partial charge in [-0.2, -0.15) is 0 Å². The fourth-order valence-electron chi connectivity index (χ4n) is 3.28. The molecule has 0 N–H and O–H groups in total. The van der Waals surface area contributed by atoms with Crippen molar-refractivity contribution in [2.24, 2.45) is 0 Å². The van der Waals surface area contributed by atoms with Gasteiger partial charge in [-0.25, -0.2) is 0 Å². The van der Waals surface area contributed by atoms with E-state index in [1.54, 1.807) is 0 Å². The maximum Gasteiger partial charge on any atom is 0.123 e. The van der Waals surface area contributed by atoms with Gasteiger partial charge in [0.15, 0.2) is 0 Å². The minimum absolute atomic E-state index is 0.0408. The van der Waals surface area contributed by atoms with Crippen molar-refractivity contribution < 1.29 is 9.47 Å². The standard InChI is InChI=1S/C25H40O2/c1-3-4-5-6-7-8-9-10-11-12-13-14-15-17-23-18-16-19-24(20-23)26-21-25(2)22-27-25/h7-8,16,18-20H,3-6,9-15,17,21-22H2,1-2H3/b8-7+. The van der Waals surface area contributed by atoms with Crippen molar-refractivity contribution >= 4 is 0 Å². The largest absolute Gasteiger partial charge is 0.490 e. The normalized spacial score (nSPS) is 18.9. The van der Waals surface area contributed by atoms with Crippen LogP contribution in [0.25, 0.3) is 0 Å². The number of ether oxygens (including phenoxy) is 2. The molecule has 0 aliphatic carbocycles. The Hall–Kier alpha value is -1.28. The molecular formula is C25H40O2. The zero-order chi connectivity index (χ0) is 19.2. The highest BCUT2D eigenvalue weighted by Gasteiger charge is 2.40. The summed E-state index contributed by atoms with van der Waals surface area (Å²) in [4.78, 5) is 0. The lowest BCUT2D eigenvalue weighted by atomic mass is 10.0. The zero-order valence-electron chi connectivity index (χ0n) is 17.7. The maximum absolute atomic E-state index is 5.86. The van der Waals surface area contributed by atoms with Gasteiger partial charge in [-0.15, -0.1) is 0 Å². The van der Waals surface area contributed by atoms with Crippen LogP contribution in [0, 0.1) is 0 Å². The van der Waals surface area contributed by atoms with Gasteiger partial charge in [-0.3, -0.25) is 0 Å². The molecule has 0 bridgehead atoms. The molecule has 1 fully saturated rings. The first kappa shape index (κ1) is 22.0. The third-order valence-electron chi connectivity index (χ3n) is 5.31. The van der Waals surface area contributed by atoms with E-state index in [1.807, 2.05) is 6.07 Å². The summed E-state index contributed by atoms with van der Waals surface area (Å²) in [6.07, 6.45) is 20.6. The molecule has 0 saturated carbocycles. The Morgan fingerprint density at radius 1 is 0.963 bits per heavy atom. The van der Waals surface area contributed by atoms with Gasteiger partial charge >= 0.3 is 0 Å². The average molecular weight is 373 g/mol. The quantitative estimate of drug-likeness (QED) is 0.173. The van der Waals surface area contributed by atoms with Crippen molar-refractivity contribution in [2.75, 3.05) is 13.2 Å². The van der Waals surface area contributed by atoms with E-state index in [-0.39, 0.29) is 5.60 Å². The van der Waals surface area contributed by atoms with E-state index in [2.05, 4.69) is 44.2 Å². The number of aryl methyl sites for hydroxylation is 1. The highest BCUT2D eigenvalue weighted by atomic mass is 16.6. The number of rotatable bonds is 16. The molecule has 1 unspecified atom stereocenters. The van der Waals surface area contributed by atoms with Gasteiger partial charge < -0.3 is 9.47 Å². The van der Waals surface area contributed by atoms with Gasteiger partial charge in [-0.05, 0) is 63.1 Å². The topological polar surface area (TPSA) is 21.8 Å². The monoisotopic (exact) mass is 372 g/mol. The summed E-state index contributed by atoms with van der Waals surface area (Å²) in [6.45, 7) is 5.84. The molecule has 1 atom stereocenters. The Kier molecular flexibility index (Phi) is 10.6. The third-order valence-corrected chi connectivity index (χ3v) is 5.31. The van der Waals surface area contributed by atoms with E-state index >= 15 is 0 Å². The van der Waals surface area contributed by atoms with Crippen molar-refractivity contribution in [2.45, 2.75) is 96.5 Å². The molecule has 1 aliphatic rings. The van der Waals surface area contributed by atoms with Crippen molar-refractivity contribution in [3.05, 3.63) is 42.0 Å². The Bertz CT molecular complexity index is 531. The SMILES string of the molecule is CCCCC/C=C/CCCCCCCCc1cccc(OCC2(C)CO2)c1. The molecule has 2 nitrogen and oxygen atoms in total. The van der Waals surface area contributed by atoms with Gasteiger partial charge in [0.05, 0.1) is 6.61 Å². The van der Waals surface area contributed by atoms with Gasteiger partial charge in [0.1, 0.15) is 18.0 Å². The van der Waals surface area contributed by atoms with Crippen LogP contribution >= 0.6 is 0 Å². The Balaban J connectivity index is 1.44. The fourth-order valence-corrected chi connectivity index (χ4v) is 3.28. The molecule has 1 heterocycles. The van der Waals surface area contributed by atoms with Crippen LogP contribution < -0.4 is 4.74 Å². The predicted octanol–water partition coefficient (Wildman–Crippen LogP) is 7.26. The molecule has 1 aromatic rings. The molecule has 0 aromatic heterocycles. The van der Waals surface area contributed by atoms with Crippen LogP contribution in [0.1, 0.15) is 90.0 Å². The molecule has 2 rings (SSSR count). The molecule has 1 saturated heterocycles. The average Bonchev–Trinajstić information content (AvgIpc) is 3.42. The van der Waals surface area contributed by atoms with Crippen LogP contribution in [0.2, 0.25) is 0 Å². The number of allylic oxidation sites excluding steroid dienone is 2. The summed E-state index contributed by atoms with van der Waals surface area (Å²) >= 11 is 0. The predicted molar refractivity (Wildman–Crippen MR) is 116 cm³/mol. The highest BCUT2D eigenvalue weighted by Crippen LogP contribution is 2.27. The summed E-state index contributed by atoms with van der Waals surface area (Å²) in [5.41, 5.74) is 1.35. The van der Waals surface area contributed by atoms with Crippen molar-refractivity contribution in [1.29, 1.82) is 0 Å². The molecular weight excluding hydrogens is 332 g/mol. The minimum atomic E-state index is -0.0408. The van der Waals surface area contributed by atoms with Crippen LogP contribution in [-0.2, 0) is 11.2 Å². The number of hydrogen-bond donors (Lipinski definition) is 0. The van der Waals surface area contributed by atoms with Crippen molar-refractivity contribution in [3.63, 3.8) is 0 Å². The second-order valence-corrected chi connectivity index (χ2v) is 8.30. The number of hydrogen-bond acceptors (Lipinski definition) is 2. The van der Waals surface area contributed by atoms with E-state index in [4.69, 9.17) is 9.47 Å². The lowest BCUT2D eigenvalue weighted by Crippen LogP contribution is -2.16. The first-order valence-electron chi connectivity index (χ1n) is 11.2. The summed E-state index contributed by atoms with van der Waals surface area (Å²) in [6, 6.07) is 8.57. The van der Waals surface area contributed by atoms with Gasteiger partial charge in [0.2, 0.25) is 0 Å². The number of benzene rings is 1. The molecule has 27 heavy (non-hydrogen) atoms. The Morgan fingerprint density at radius 2 is 1.63 bits per heavy atom. The molecule has 0 amide bonds. The van der Waals surface area contributed by atoms with E-state index in [9.17, 15) is 0 Å². The molecule has 0 spiro atoms. The fraction of sp³-hybridized carbons (Fsp3) is 0.680. The third kappa shape index (κ3) is 10.6. The number of unbranched alkanes of at least 4 members (excludes halogenated alkanes) is 9. The maximum atomic E-state index is 5.86. The smallest absolute Gasteiger partial charge is 0.123 e. The first-order valence-corrected chi connectivity index (χ1v) is 11.2. The van der Waals surface area contributed by atoms with Crippen LogP contribution in [0.15, 0.2) is 36.4 Å². The summed E-state index contributed by atoms with van der Waals surface area (Å²) in [5.74, 6) is 0.979. The second kappa shape index (κ2) is 13.0. The van der Waals surface area contributed by atoms with E-state index < -0.39 is 0 Å². The van der Waals surface area contributed by atoms with Crippen LogP contribution in [0.4, 0.5) is 0 Å². The zero-order valence-corrected chi connectivity index (χ0v) is 17.7. The highest BCUT2D eigenvalue weighted by molar-refractivity contribution is 5.28. The summed E-state index contributed by atoms with van der Waals surface area (Å²) in [5, 5.41) is 0. The lowest BCUT2D eigenvalue weighted by Gasteiger charge is -2.10. The van der Waals surface area contributed by atoms with Gasteiger partial charge in [0.25, 0.3) is 0 Å². The lowest BCUT2D eigenvalue weighted by molar-refractivity contribution is 0.202.